The van der Waals surface area contributed by atoms with Crippen molar-refractivity contribution < 1.29 is 9.59 Å². The first kappa shape index (κ1) is 24.0. The van der Waals surface area contributed by atoms with Crippen molar-refractivity contribution >= 4 is 17.8 Å². The molecule has 3 aromatic carbocycles. The van der Waals surface area contributed by atoms with Crippen LogP contribution in [0.1, 0.15) is 25.8 Å². The normalized spacial score (nSPS) is 10.8. The van der Waals surface area contributed by atoms with Crippen LogP contribution in [-0.4, -0.2) is 38.9 Å². The molecule has 1 heterocycles. The van der Waals surface area contributed by atoms with Crippen LogP contribution in [0.25, 0.3) is 16.9 Å². The molecule has 178 valence electrons. The van der Waals surface area contributed by atoms with Gasteiger partial charge in [-0.1, -0.05) is 78.9 Å². The minimum Gasteiger partial charge on any atom is -0.331 e. The van der Waals surface area contributed by atoms with Gasteiger partial charge in [0.25, 0.3) is 0 Å². The zero-order valence-electron chi connectivity index (χ0n) is 20.1. The molecule has 0 atom stereocenters. The highest BCUT2D eigenvalue weighted by molar-refractivity contribution is 5.94. The van der Waals surface area contributed by atoms with E-state index in [-0.39, 0.29) is 24.4 Å². The molecule has 0 aliphatic heterocycles. The maximum Gasteiger partial charge on any atom is 0.246 e. The van der Waals surface area contributed by atoms with Gasteiger partial charge in [-0.05, 0) is 38.0 Å². The third kappa shape index (κ3) is 6.23. The summed E-state index contributed by atoms with van der Waals surface area (Å²) in [4.78, 5) is 32.3. The summed E-state index contributed by atoms with van der Waals surface area (Å²) in [5.74, 6) is 0.0880. The lowest BCUT2D eigenvalue weighted by Gasteiger charge is -2.26. The second-order valence-corrected chi connectivity index (χ2v) is 8.67. The van der Waals surface area contributed by atoms with E-state index in [2.05, 4.69) is 5.32 Å². The summed E-state index contributed by atoms with van der Waals surface area (Å²) in [5, 5.41) is 2.93. The monoisotopic (exact) mass is 466 g/mol. The van der Waals surface area contributed by atoms with Crippen LogP contribution in [-0.2, 0) is 16.0 Å². The lowest BCUT2D eigenvalue weighted by Crippen LogP contribution is -2.42. The summed E-state index contributed by atoms with van der Waals surface area (Å²) < 4.78 is 1.86. The van der Waals surface area contributed by atoms with Crippen LogP contribution in [0.2, 0.25) is 0 Å². The summed E-state index contributed by atoms with van der Waals surface area (Å²) in [6.45, 7) is 3.81. The zero-order valence-corrected chi connectivity index (χ0v) is 20.1. The van der Waals surface area contributed by atoms with Gasteiger partial charge in [0.1, 0.15) is 6.54 Å². The Balaban J connectivity index is 1.50. The molecule has 0 bridgehead atoms. The molecular formula is C29H30N4O2. The van der Waals surface area contributed by atoms with Crippen molar-refractivity contribution in [3.05, 3.63) is 103 Å². The number of hydrogen-bond acceptors (Lipinski definition) is 3. The molecule has 0 aliphatic rings. The Bertz CT molecular complexity index is 1250. The molecule has 6 nitrogen and oxygen atoms in total. The summed E-state index contributed by atoms with van der Waals surface area (Å²) in [5.41, 5.74) is 3.70. The number of carbonyl (C=O) groups excluding carboxylic acids is 2. The van der Waals surface area contributed by atoms with E-state index in [9.17, 15) is 9.59 Å². The molecule has 0 aliphatic carbocycles. The van der Waals surface area contributed by atoms with Gasteiger partial charge < -0.3 is 4.90 Å². The quantitative estimate of drug-likeness (QED) is 0.362. The third-order valence-electron chi connectivity index (χ3n) is 5.79. The molecule has 0 spiro atoms. The predicted octanol–water partition coefficient (Wildman–Crippen LogP) is 5.35. The Hall–Kier alpha value is -4.19. The van der Waals surface area contributed by atoms with E-state index >= 15 is 0 Å². The maximum atomic E-state index is 13.1. The highest BCUT2D eigenvalue weighted by Crippen LogP contribution is 2.24. The van der Waals surface area contributed by atoms with E-state index < -0.39 is 0 Å². The van der Waals surface area contributed by atoms with Crippen molar-refractivity contribution in [2.45, 2.75) is 32.7 Å². The summed E-state index contributed by atoms with van der Waals surface area (Å²) in [6, 6.07) is 29.4. The van der Waals surface area contributed by atoms with Crippen LogP contribution >= 0.6 is 0 Å². The second-order valence-electron chi connectivity index (χ2n) is 8.67. The van der Waals surface area contributed by atoms with Crippen LogP contribution in [0.3, 0.4) is 0 Å². The average molecular weight is 467 g/mol. The first-order valence-electron chi connectivity index (χ1n) is 11.8. The van der Waals surface area contributed by atoms with Crippen LogP contribution < -0.4 is 5.32 Å². The number of nitrogens with one attached hydrogen (secondary N) is 1. The number of amides is 2. The van der Waals surface area contributed by atoms with Crippen molar-refractivity contribution in [1.82, 2.24) is 14.5 Å². The number of anilines is 1. The zero-order chi connectivity index (χ0) is 24.6. The number of rotatable bonds is 9. The van der Waals surface area contributed by atoms with Crippen molar-refractivity contribution in [1.29, 1.82) is 0 Å². The lowest BCUT2D eigenvalue weighted by atomic mass is 10.1. The fourth-order valence-electron chi connectivity index (χ4n) is 3.92. The molecule has 6 heteroatoms. The molecule has 4 aromatic rings. The van der Waals surface area contributed by atoms with E-state index in [0.717, 1.165) is 22.5 Å². The number of imidazole rings is 1. The van der Waals surface area contributed by atoms with E-state index in [4.69, 9.17) is 4.98 Å². The Kier molecular flexibility index (Phi) is 7.73. The molecule has 0 fully saturated rings. The Labute approximate surface area is 206 Å². The van der Waals surface area contributed by atoms with Gasteiger partial charge in [0.2, 0.25) is 17.8 Å². The topological polar surface area (TPSA) is 67.2 Å². The van der Waals surface area contributed by atoms with E-state index in [0.29, 0.717) is 18.8 Å². The summed E-state index contributed by atoms with van der Waals surface area (Å²) >= 11 is 0. The standard InChI is InChI=1S/C29H30N4O2/c1-22(2)32(28(35)19-18-23-12-6-3-7-13-23)21-27(34)31-29-30-26(24-14-8-4-9-15-24)20-33(29)25-16-10-5-11-17-25/h3-17,20,22H,18-19,21H2,1-2H3,(H,30,31,34). The highest BCUT2D eigenvalue weighted by atomic mass is 16.2. The molecule has 35 heavy (non-hydrogen) atoms. The first-order valence-corrected chi connectivity index (χ1v) is 11.8. The fraction of sp³-hybridized carbons (Fsp3) is 0.207. The van der Waals surface area contributed by atoms with Crippen molar-refractivity contribution in [2.24, 2.45) is 0 Å². The van der Waals surface area contributed by atoms with Gasteiger partial charge in [-0.3, -0.25) is 19.5 Å². The first-order chi connectivity index (χ1) is 17.0. The van der Waals surface area contributed by atoms with Gasteiger partial charge in [-0.25, -0.2) is 4.98 Å². The van der Waals surface area contributed by atoms with E-state index in [1.165, 1.54) is 0 Å². The largest absolute Gasteiger partial charge is 0.331 e. The smallest absolute Gasteiger partial charge is 0.246 e. The molecular weight excluding hydrogens is 436 g/mol. The van der Waals surface area contributed by atoms with Crippen LogP contribution in [0.4, 0.5) is 5.95 Å². The molecule has 1 aromatic heterocycles. The lowest BCUT2D eigenvalue weighted by molar-refractivity contribution is -0.136. The van der Waals surface area contributed by atoms with Crippen LogP contribution in [0, 0.1) is 0 Å². The number of benzene rings is 3. The van der Waals surface area contributed by atoms with Gasteiger partial charge in [-0.2, -0.15) is 0 Å². The van der Waals surface area contributed by atoms with Crippen molar-refractivity contribution in [3.8, 4) is 16.9 Å². The van der Waals surface area contributed by atoms with Gasteiger partial charge in [0.15, 0.2) is 0 Å². The number of carbonyl (C=O) groups is 2. The molecule has 0 saturated carbocycles. The van der Waals surface area contributed by atoms with Crippen molar-refractivity contribution in [3.63, 3.8) is 0 Å². The fourth-order valence-corrected chi connectivity index (χ4v) is 3.92. The molecule has 0 radical (unpaired) electrons. The minimum absolute atomic E-state index is 0.0341. The molecule has 0 saturated heterocycles. The number of aryl methyl sites for hydroxylation is 1. The number of aromatic nitrogens is 2. The van der Waals surface area contributed by atoms with E-state index in [1.807, 2.05) is 116 Å². The minimum atomic E-state index is -0.283. The number of para-hydroxylation sites is 1. The van der Waals surface area contributed by atoms with Crippen LogP contribution in [0.5, 0.6) is 0 Å². The van der Waals surface area contributed by atoms with Gasteiger partial charge in [0, 0.05) is 29.9 Å². The molecule has 2 amide bonds. The number of nitrogens with zero attached hydrogens (tertiary/aromatic N) is 3. The summed E-state index contributed by atoms with van der Waals surface area (Å²) in [7, 11) is 0. The Morgan fingerprint density at radius 2 is 1.49 bits per heavy atom. The number of hydrogen-bond donors (Lipinski definition) is 1. The SMILES string of the molecule is CC(C)N(CC(=O)Nc1nc(-c2ccccc2)cn1-c1ccccc1)C(=O)CCc1ccccc1. The second kappa shape index (κ2) is 11.3. The van der Waals surface area contributed by atoms with Gasteiger partial charge >= 0.3 is 0 Å². The van der Waals surface area contributed by atoms with E-state index in [1.54, 1.807) is 4.90 Å². The molecule has 0 unspecified atom stereocenters. The highest BCUT2D eigenvalue weighted by Gasteiger charge is 2.21. The summed E-state index contributed by atoms with van der Waals surface area (Å²) in [6.07, 6.45) is 2.90. The maximum absolute atomic E-state index is 13.1. The molecule has 1 N–H and O–H groups in total. The van der Waals surface area contributed by atoms with Crippen molar-refractivity contribution in [2.75, 3.05) is 11.9 Å². The van der Waals surface area contributed by atoms with Gasteiger partial charge in [0.05, 0.1) is 5.69 Å². The third-order valence-corrected chi connectivity index (χ3v) is 5.79. The Morgan fingerprint density at radius 3 is 2.11 bits per heavy atom. The Morgan fingerprint density at radius 1 is 0.886 bits per heavy atom. The van der Waals surface area contributed by atoms with Crippen LogP contribution in [0.15, 0.2) is 97.2 Å². The predicted molar refractivity (Wildman–Crippen MR) is 139 cm³/mol. The molecule has 4 rings (SSSR count). The van der Waals surface area contributed by atoms with Gasteiger partial charge in [-0.15, -0.1) is 0 Å². The average Bonchev–Trinajstić information content (AvgIpc) is 3.31.